The highest BCUT2D eigenvalue weighted by atomic mass is 32.2. The second-order valence-electron chi connectivity index (χ2n) is 7.26. The van der Waals surface area contributed by atoms with E-state index in [0.717, 1.165) is 29.2 Å². The van der Waals surface area contributed by atoms with Gasteiger partial charge in [0, 0.05) is 17.7 Å². The number of aromatic nitrogens is 1. The van der Waals surface area contributed by atoms with Gasteiger partial charge in [0.2, 0.25) is 5.89 Å². The number of nitrogens with one attached hydrogen (secondary N) is 2. The minimum atomic E-state index is -0.213. The molecule has 0 bridgehead atoms. The van der Waals surface area contributed by atoms with Crippen molar-refractivity contribution in [3.05, 3.63) is 53.0 Å². The Morgan fingerprint density at radius 3 is 2.67 bits per heavy atom. The molecular weight excluding hydrogens is 363 g/mol. The summed E-state index contributed by atoms with van der Waals surface area (Å²) in [5.74, 6) is 2.70. The standard InChI is InChI=1S/C20H29FN4OS/c1-6-22-19(25-12-18-23-11-17(26-18)20(2,3)4)24-10-14-7-8-16(21)9-15(14)13-27-5/h7-9,11H,6,10,12-13H2,1-5H3,(H2,22,24,25). The predicted molar refractivity (Wildman–Crippen MR) is 110 cm³/mol. The SMILES string of the molecule is CCNC(=NCc1ccc(F)cc1CSC)NCc1ncc(C(C)(C)C)o1. The fourth-order valence-electron chi connectivity index (χ4n) is 2.44. The van der Waals surface area contributed by atoms with Crippen LogP contribution < -0.4 is 10.6 Å². The molecule has 0 aliphatic rings. The number of oxazole rings is 1. The highest BCUT2D eigenvalue weighted by molar-refractivity contribution is 7.97. The van der Waals surface area contributed by atoms with E-state index in [2.05, 4.69) is 41.4 Å². The zero-order valence-corrected chi connectivity index (χ0v) is 17.5. The zero-order valence-electron chi connectivity index (χ0n) is 16.7. The van der Waals surface area contributed by atoms with Gasteiger partial charge in [-0.15, -0.1) is 0 Å². The van der Waals surface area contributed by atoms with Crippen molar-refractivity contribution in [1.82, 2.24) is 15.6 Å². The molecule has 1 heterocycles. The zero-order chi connectivity index (χ0) is 19.9. The Morgan fingerprint density at radius 2 is 2.04 bits per heavy atom. The maximum Gasteiger partial charge on any atom is 0.213 e. The molecule has 0 aliphatic carbocycles. The van der Waals surface area contributed by atoms with Crippen LogP contribution in [0.2, 0.25) is 0 Å². The second-order valence-corrected chi connectivity index (χ2v) is 8.13. The number of thioether (sulfide) groups is 1. The Morgan fingerprint density at radius 1 is 1.26 bits per heavy atom. The minimum absolute atomic E-state index is 0.0693. The van der Waals surface area contributed by atoms with Gasteiger partial charge in [-0.2, -0.15) is 11.8 Å². The number of hydrogen-bond donors (Lipinski definition) is 2. The minimum Gasteiger partial charge on any atom is -0.443 e. The third-order valence-electron chi connectivity index (χ3n) is 3.92. The van der Waals surface area contributed by atoms with Gasteiger partial charge in [0.15, 0.2) is 5.96 Å². The number of guanidine groups is 1. The molecule has 2 aromatic rings. The normalized spacial score (nSPS) is 12.3. The van der Waals surface area contributed by atoms with Crippen molar-refractivity contribution >= 4 is 17.7 Å². The van der Waals surface area contributed by atoms with Crippen LogP contribution in [-0.4, -0.2) is 23.7 Å². The molecule has 5 nitrogen and oxygen atoms in total. The Hall–Kier alpha value is -2.02. The average Bonchev–Trinajstić information content (AvgIpc) is 3.08. The highest BCUT2D eigenvalue weighted by Gasteiger charge is 2.19. The molecule has 0 fully saturated rings. The van der Waals surface area contributed by atoms with Crippen molar-refractivity contribution in [2.75, 3.05) is 12.8 Å². The first-order valence-corrected chi connectivity index (χ1v) is 10.5. The van der Waals surface area contributed by atoms with Crippen LogP contribution in [0, 0.1) is 5.82 Å². The van der Waals surface area contributed by atoms with Crippen LogP contribution in [0.5, 0.6) is 0 Å². The van der Waals surface area contributed by atoms with Crippen molar-refractivity contribution in [2.45, 2.75) is 52.0 Å². The van der Waals surface area contributed by atoms with Gasteiger partial charge >= 0.3 is 0 Å². The summed E-state index contributed by atoms with van der Waals surface area (Å²) in [6.07, 6.45) is 3.78. The maximum absolute atomic E-state index is 13.5. The Kier molecular flexibility index (Phi) is 7.71. The lowest BCUT2D eigenvalue weighted by atomic mass is 9.94. The number of benzene rings is 1. The first-order chi connectivity index (χ1) is 12.8. The Bertz CT molecular complexity index is 768. The van der Waals surface area contributed by atoms with Gasteiger partial charge in [-0.05, 0) is 36.4 Å². The molecule has 2 N–H and O–H groups in total. The van der Waals surface area contributed by atoms with E-state index >= 15 is 0 Å². The van der Waals surface area contributed by atoms with Gasteiger partial charge in [0.1, 0.15) is 11.6 Å². The molecule has 0 amide bonds. The molecular formula is C20H29FN4OS. The molecule has 148 valence electrons. The van der Waals surface area contributed by atoms with Crippen LogP contribution in [0.1, 0.15) is 50.5 Å². The van der Waals surface area contributed by atoms with E-state index in [1.54, 1.807) is 30.1 Å². The number of aliphatic imine (C=N–C) groups is 1. The van der Waals surface area contributed by atoms with Gasteiger partial charge in [-0.3, -0.25) is 0 Å². The Balaban J connectivity index is 2.05. The monoisotopic (exact) mass is 392 g/mol. The molecule has 7 heteroatoms. The molecule has 27 heavy (non-hydrogen) atoms. The first kappa shape index (κ1) is 21.3. The van der Waals surface area contributed by atoms with Crippen LogP contribution in [-0.2, 0) is 24.3 Å². The largest absolute Gasteiger partial charge is 0.443 e. The number of rotatable bonds is 7. The van der Waals surface area contributed by atoms with Gasteiger partial charge in [-0.25, -0.2) is 14.4 Å². The molecule has 0 saturated carbocycles. The lowest BCUT2D eigenvalue weighted by Gasteiger charge is -2.13. The van der Waals surface area contributed by atoms with Crippen molar-refractivity contribution in [1.29, 1.82) is 0 Å². The van der Waals surface area contributed by atoms with Crippen molar-refractivity contribution in [2.24, 2.45) is 4.99 Å². The summed E-state index contributed by atoms with van der Waals surface area (Å²) >= 11 is 1.67. The van der Waals surface area contributed by atoms with E-state index in [9.17, 15) is 4.39 Å². The number of halogens is 1. The highest BCUT2D eigenvalue weighted by Crippen LogP contribution is 2.22. The summed E-state index contributed by atoms with van der Waals surface area (Å²) in [6.45, 7) is 9.94. The van der Waals surface area contributed by atoms with E-state index in [1.807, 2.05) is 13.2 Å². The molecule has 0 aliphatic heterocycles. The molecule has 0 unspecified atom stereocenters. The first-order valence-electron chi connectivity index (χ1n) is 9.07. The molecule has 0 saturated heterocycles. The van der Waals surface area contributed by atoms with E-state index in [0.29, 0.717) is 24.9 Å². The van der Waals surface area contributed by atoms with Crippen LogP contribution in [0.4, 0.5) is 4.39 Å². The lowest BCUT2D eigenvalue weighted by Crippen LogP contribution is -2.36. The third kappa shape index (κ3) is 6.57. The average molecular weight is 393 g/mol. The van der Waals surface area contributed by atoms with E-state index in [4.69, 9.17) is 4.42 Å². The summed E-state index contributed by atoms with van der Waals surface area (Å²) in [5.41, 5.74) is 1.93. The van der Waals surface area contributed by atoms with Crippen molar-refractivity contribution in [3.8, 4) is 0 Å². The quantitative estimate of drug-likeness (QED) is 0.545. The summed E-state index contributed by atoms with van der Waals surface area (Å²) in [6, 6.07) is 4.87. The molecule has 0 atom stereocenters. The molecule has 1 aromatic heterocycles. The van der Waals surface area contributed by atoms with Gasteiger partial charge < -0.3 is 15.1 Å². The van der Waals surface area contributed by atoms with Crippen LogP contribution in [0.25, 0.3) is 0 Å². The van der Waals surface area contributed by atoms with Crippen LogP contribution >= 0.6 is 11.8 Å². The van der Waals surface area contributed by atoms with Crippen LogP contribution in [0.15, 0.2) is 33.8 Å². The van der Waals surface area contributed by atoms with E-state index in [-0.39, 0.29) is 11.2 Å². The predicted octanol–water partition coefficient (Wildman–Crippen LogP) is 4.23. The lowest BCUT2D eigenvalue weighted by molar-refractivity contribution is 0.379. The van der Waals surface area contributed by atoms with Gasteiger partial charge in [0.05, 0.1) is 19.3 Å². The maximum atomic E-state index is 13.5. The van der Waals surface area contributed by atoms with Crippen LogP contribution in [0.3, 0.4) is 0 Å². The van der Waals surface area contributed by atoms with Crippen molar-refractivity contribution < 1.29 is 8.81 Å². The smallest absolute Gasteiger partial charge is 0.213 e. The van der Waals surface area contributed by atoms with Gasteiger partial charge in [0.25, 0.3) is 0 Å². The Labute approximate surface area is 165 Å². The number of nitrogens with zero attached hydrogens (tertiary/aromatic N) is 2. The summed E-state index contributed by atoms with van der Waals surface area (Å²) < 4.78 is 19.3. The van der Waals surface area contributed by atoms with Gasteiger partial charge in [-0.1, -0.05) is 26.8 Å². The molecule has 0 spiro atoms. The summed E-state index contributed by atoms with van der Waals surface area (Å²) in [4.78, 5) is 8.94. The fraction of sp³-hybridized carbons (Fsp3) is 0.500. The second kappa shape index (κ2) is 9.78. The summed E-state index contributed by atoms with van der Waals surface area (Å²) in [5, 5.41) is 6.45. The van der Waals surface area contributed by atoms with Crippen molar-refractivity contribution in [3.63, 3.8) is 0 Å². The molecule has 0 radical (unpaired) electrons. The molecule has 2 rings (SSSR count). The van der Waals surface area contributed by atoms with E-state index in [1.165, 1.54) is 6.07 Å². The van der Waals surface area contributed by atoms with E-state index < -0.39 is 0 Å². The topological polar surface area (TPSA) is 62.5 Å². The third-order valence-corrected chi connectivity index (χ3v) is 4.52. The molecule has 1 aromatic carbocycles. The fourth-order valence-corrected chi connectivity index (χ4v) is 3.02. The number of hydrogen-bond acceptors (Lipinski definition) is 4. The summed E-state index contributed by atoms with van der Waals surface area (Å²) in [7, 11) is 0.